The van der Waals surface area contributed by atoms with Gasteiger partial charge in [-0.1, -0.05) is 59.8 Å². The van der Waals surface area contributed by atoms with Crippen molar-refractivity contribution < 1.29 is 4.79 Å². The van der Waals surface area contributed by atoms with Crippen LogP contribution in [0.2, 0.25) is 15.1 Å². The van der Waals surface area contributed by atoms with Crippen molar-refractivity contribution in [3.63, 3.8) is 0 Å². The lowest BCUT2D eigenvalue weighted by Gasteiger charge is -2.20. The average Bonchev–Trinajstić information content (AvgIpc) is 3.22. The fourth-order valence-corrected chi connectivity index (χ4v) is 4.10. The van der Waals surface area contributed by atoms with Crippen molar-refractivity contribution >= 4 is 46.5 Å². The Kier molecular flexibility index (Phi) is 8.49. The number of amides is 2. The predicted molar refractivity (Wildman–Crippen MR) is 123 cm³/mol. The van der Waals surface area contributed by atoms with Crippen molar-refractivity contribution in [2.75, 3.05) is 18.4 Å². The SMILES string of the molecule is O=C(NCC(CCNC1CCCC1)c1ccc(Cl)cc1)Nc1ccc(Cl)c(Cl)c1. The van der Waals surface area contributed by atoms with Gasteiger partial charge in [0.2, 0.25) is 0 Å². The smallest absolute Gasteiger partial charge is 0.319 e. The van der Waals surface area contributed by atoms with Gasteiger partial charge in [0.15, 0.2) is 0 Å². The first-order valence-electron chi connectivity index (χ1n) is 10.00. The zero-order valence-corrected chi connectivity index (χ0v) is 18.5. The number of hydrogen-bond donors (Lipinski definition) is 3. The van der Waals surface area contributed by atoms with Gasteiger partial charge in [-0.15, -0.1) is 0 Å². The molecule has 1 aliphatic carbocycles. The molecule has 0 heterocycles. The average molecular weight is 455 g/mol. The van der Waals surface area contributed by atoms with Crippen molar-refractivity contribution in [2.24, 2.45) is 0 Å². The van der Waals surface area contributed by atoms with Crippen LogP contribution in [0.5, 0.6) is 0 Å². The number of benzene rings is 2. The van der Waals surface area contributed by atoms with Crippen LogP contribution in [0.3, 0.4) is 0 Å². The molecule has 2 aromatic carbocycles. The van der Waals surface area contributed by atoms with E-state index in [9.17, 15) is 4.79 Å². The topological polar surface area (TPSA) is 53.2 Å². The first kappa shape index (κ1) is 22.2. The van der Waals surface area contributed by atoms with Crippen molar-refractivity contribution in [3.8, 4) is 0 Å². The predicted octanol–water partition coefficient (Wildman–Crippen LogP) is 6.47. The van der Waals surface area contributed by atoms with Crippen molar-refractivity contribution in [1.29, 1.82) is 0 Å². The fraction of sp³-hybridized carbons (Fsp3) is 0.409. The summed E-state index contributed by atoms with van der Waals surface area (Å²) in [5, 5.41) is 11.0. The monoisotopic (exact) mass is 453 g/mol. The molecule has 1 aliphatic rings. The summed E-state index contributed by atoms with van der Waals surface area (Å²) in [5.74, 6) is 0.195. The molecule has 0 bridgehead atoms. The molecule has 1 unspecified atom stereocenters. The Hall–Kier alpha value is -1.46. The van der Waals surface area contributed by atoms with Gasteiger partial charge in [-0.2, -0.15) is 0 Å². The van der Waals surface area contributed by atoms with Gasteiger partial charge in [0.25, 0.3) is 0 Å². The number of carbonyl (C=O) groups excluding carboxylic acids is 1. The van der Waals surface area contributed by atoms with E-state index in [2.05, 4.69) is 16.0 Å². The van der Waals surface area contributed by atoms with E-state index in [-0.39, 0.29) is 11.9 Å². The minimum Gasteiger partial charge on any atom is -0.337 e. The van der Waals surface area contributed by atoms with Crippen LogP contribution in [-0.4, -0.2) is 25.2 Å². The van der Waals surface area contributed by atoms with Crippen LogP contribution in [0, 0.1) is 0 Å². The largest absolute Gasteiger partial charge is 0.337 e. The van der Waals surface area contributed by atoms with Crippen LogP contribution in [0.25, 0.3) is 0 Å². The summed E-state index contributed by atoms with van der Waals surface area (Å²) in [4.78, 5) is 12.3. The lowest BCUT2D eigenvalue weighted by atomic mass is 9.95. The molecule has 0 aliphatic heterocycles. The molecule has 2 amide bonds. The van der Waals surface area contributed by atoms with E-state index in [0.717, 1.165) is 18.5 Å². The van der Waals surface area contributed by atoms with Gasteiger partial charge in [0, 0.05) is 29.2 Å². The third-order valence-corrected chi connectivity index (χ3v) is 6.30. The second-order valence-corrected chi connectivity index (χ2v) is 8.69. The number of urea groups is 1. The summed E-state index contributed by atoms with van der Waals surface area (Å²) in [6, 6.07) is 13.2. The Bertz CT molecular complexity index is 807. The molecule has 3 N–H and O–H groups in total. The maximum absolute atomic E-state index is 12.3. The molecular weight excluding hydrogens is 429 g/mol. The van der Waals surface area contributed by atoms with E-state index < -0.39 is 0 Å². The molecule has 156 valence electrons. The Morgan fingerprint density at radius 1 is 1.00 bits per heavy atom. The quantitative estimate of drug-likeness (QED) is 0.428. The van der Waals surface area contributed by atoms with Gasteiger partial charge in [0.05, 0.1) is 10.0 Å². The molecule has 0 radical (unpaired) electrons. The molecule has 1 atom stereocenters. The summed E-state index contributed by atoms with van der Waals surface area (Å²) < 4.78 is 0. The number of nitrogens with one attached hydrogen (secondary N) is 3. The van der Waals surface area contributed by atoms with E-state index in [1.807, 2.05) is 24.3 Å². The van der Waals surface area contributed by atoms with Crippen molar-refractivity contribution in [2.45, 2.75) is 44.1 Å². The number of hydrogen-bond acceptors (Lipinski definition) is 2. The van der Waals surface area contributed by atoms with E-state index in [0.29, 0.717) is 33.3 Å². The molecule has 1 fully saturated rings. The number of halogens is 3. The molecular formula is C22H26Cl3N3O. The third-order valence-electron chi connectivity index (χ3n) is 5.31. The first-order valence-corrected chi connectivity index (χ1v) is 11.1. The maximum Gasteiger partial charge on any atom is 0.319 e. The second-order valence-electron chi connectivity index (χ2n) is 7.44. The third kappa shape index (κ3) is 7.07. The number of rotatable bonds is 8. The van der Waals surface area contributed by atoms with Crippen LogP contribution in [-0.2, 0) is 0 Å². The van der Waals surface area contributed by atoms with E-state index in [1.54, 1.807) is 18.2 Å². The van der Waals surface area contributed by atoms with Gasteiger partial charge < -0.3 is 16.0 Å². The highest BCUT2D eigenvalue weighted by atomic mass is 35.5. The van der Waals surface area contributed by atoms with Gasteiger partial charge in [-0.25, -0.2) is 4.79 Å². The molecule has 3 rings (SSSR count). The zero-order chi connectivity index (χ0) is 20.6. The summed E-state index contributed by atoms with van der Waals surface area (Å²) in [6.07, 6.45) is 6.08. The Labute approximate surface area is 187 Å². The zero-order valence-electron chi connectivity index (χ0n) is 16.2. The van der Waals surface area contributed by atoms with E-state index >= 15 is 0 Å². The molecule has 1 saturated carbocycles. The highest BCUT2D eigenvalue weighted by molar-refractivity contribution is 6.42. The molecule has 0 spiro atoms. The summed E-state index contributed by atoms with van der Waals surface area (Å²) >= 11 is 18.0. The van der Waals surface area contributed by atoms with Gasteiger partial charge in [-0.05, 0) is 61.7 Å². The highest BCUT2D eigenvalue weighted by Crippen LogP contribution is 2.25. The van der Waals surface area contributed by atoms with Crippen LogP contribution in [0.15, 0.2) is 42.5 Å². The van der Waals surface area contributed by atoms with Crippen molar-refractivity contribution in [1.82, 2.24) is 10.6 Å². The Morgan fingerprint density at radius 3 is 2.41 bits per heavy atom. The van der Waals surface area contributed by atoms with Crippen LogP contribution in [0.1, 0.15) is 43.6 Å². The minimum absolute atomic E-state index is 0.195. The van der Waals surface area contributed by atoms with E-state index in [4.69, 9.17) is 34.8 Å². The molecule has 0 aromatic heterocycles. The van der Waals surface area contributed by atoms with Crippen LogP contribution < -0.4 is 16.0 Å². The molecule has 0 saturated heterocycles. The standard InChI is InChI=1S/C22H26Cl3N3O/c23-17-7-5-15(6-8-17)16(11-12-26-18-3-1-2-4-18)14-27-22(29)28-19-9-10-20(24)21(25)13-19/h5-10,13,16,18,26H,1-4,11-12,14H2,(H2,27,28,29). The molecule has 2 aromatic rings. The molecule has 29 heavy (non-hydrogen) atoms. The normalized spacial score (nSPS) is 15.3. The number of anilines is 1. The van der Waals surface area contributed by atoms with Crippen LogP contribution >= 0.6 is 34.8 Å². The minimum atomic E-state index is -0.272. The lowest BCUT2D eigenvalue weighted by Crippen LogP contribution is -2.34. The first-order chi connectivity index (χ1) is 14.0. The van der Waals surface area contributed by atoms with Crippen LogP contribution in [0.4, 0.5) is 10.5 Å². The van der Waals surface area contributed by atoms with Gasteiger partial charge in [-0.3, -0.25) is 0 Å². The maximum atomic E-state index is 12.3. The van der Waals surface area contributed by atoms with E-state index in [1.165, 1.54) is 25.7 Å². The molecule has 7 heteroatoms. The fourth-order valence-electron chi connectivity index (χ4n) is 3.68. The molecule has 4 nitrogen and oxygen atoms in total. The summed E-state index contributed by atoms with van der Waals surface area (Å²) in [5.41, 5.74) is 1.76. The van der Waals surface area contributed by atoms with Gasteiger partial charge >= 0.3 is 6.03 Å². The summed E-state index contributed by atoms with van der Waals surface area (Å²) in [6.45, 7) is 1.45. The number of carbonyl (C=O) groups is 1. The lowest BCUT2D eigenvalue weighted by molar-refractivity contribution is 0.251. The highest BCUT2D eigenvalue weighted by Gasteiger charge is 2.17. The van der Waals surface area contributed by atoms with Crippen molar-refractivity contribution in [3.05, 3.63) is 63.1 Å². The Morgan fingerprint density at radius 2 is 1.72 bits per heavy atom. The Balaban J connectivity index is 1.55. The summed E-state index contributed by atoms with van der Waals surface area (Å²) in [7, 11) is 0. The van der Waals surface area contributed by atoms with Gasteiger partial charge in [0.1, 0.15) is 0 Å². The second kappa shape index (κ2) is 11.1.